The number of allylic oxidation sites excluding steroid dienone is 6. The molecule has 1 aliphatic carbocycles. The summed E-state index contributed by atoms with van der Waals surface area (Å²) in [5.74, 6) is 0.284. The van der Waals surface area contributed by atoms with Gasteiger partial charge in [0.1, 0.15) is 0 Å². The van der Waals surface area contributed by atoms with Gasteiger partial charge in [0, 0.05) is 23.9 Å². The zero-order valence-electron chi connectivity index (χ0n) is 7.45. The molecule has 1 heterocycles. The van der Waals surface area contributed by atoms with Gasteiger partial charge < -0.3 is 5.32 Å². The highest BCUT2D eigenvalue weighted by molar-refractivity contribution is 5.95. The Bertz CT molecular complexity index is 358. The summed E-state index contributed by atoms with van der Waals surface area (Å²) < 4.78 is 0. The second-order valence-electron chi connectivity index (χ2n) is 3.19. The second-order valence-corrected chi connectivity index (χ2v) is 3.19. The summed E-state index contributed by atoms with van der Waals surface area (Å²) in [5.41, 5.74) is 1.98. The highest BCUT2D eigenvalue weighted by Gasteiger charge is 2.21. The van der Waals surface area contributed by atoms with Gasteiger partial charge in [0.25, 0.3) is 0 Å². The molecule has 0 aromatic heterocycles. The number of carbonyl (C=O) groups excluding carboxylic acids is 1. The number of dihydropyridines is 1. The van der Waals surface area contributed by atoms with Crippen LogP contribution in [-0.4, -0.2) is 5.78 Å². The Balaban J connectivity index is 2.35. The summed E-state index contributed by atoms with van der Waals surface area (Å²) in [4.78, 5) is 11.3. The van der Waals surface area contributed by atoms with Gasteiger partial charge in [0.05, 0.1) is 0 Å². The summed E-state index contributed by atoms with van der Waals surface area (Å²) in [6.07, 6.45) is 11.7. The predicted molar refractivity (Wildman–Crippen MR) is 51.8 cm³/mol. The van der Waals surface area contributed by atoms with Gasteiger partial charge in [-0.05, 0) is 12.5 Å². The van der Waals surface area contributed by atoms with E-state index in [2.05, 4.69) is 5.32 Å². The van der Waals surface area contributed by atoms with Crippen molar-refractivity contribution in [2.75, 3.05) is 0 Å². The summed E-state index contributed by atoms with van der Waals surface area (Å²) in [6.45, 7) is 1.60. The quantitative estimate of drug-likeness (QED) is 0.653. The van der Waals surface area contributed by atoms with Crippen molar-refractivity contribution < 1.29 is 4.79 Å². The van der Waals surface area contributed by atoms with E-state index in [0.29, 0.717) is 0 Å². The Labute approximate surface area is 77.3 Å². The lowest BCUT2D eigenvalue weighted by Gasteiger charge is -2.22. The molecule has 1 unspecified atom stereocenters. The highest BCUT2D eigenvalue weighted by Crippen LogP contribution is 2.28. The van der Waals surface area contributed by atoms with Crippen LogP contribution in [0.25, 0.3) is 0 Å². The van der Waals surface area contributed by atoms with Gasteiger partial charge in [-0.15, -0.1) is 0 Å². The molecule has 2 aliphatic rings. The normalized spacial score (nSPS) is 24.2. The maximum Gasteiger partial charge on any atom is 0.158 e. The molecule has 1 N–H and O–H groups in total. The molecular formula is C11H11NO. The predicted octanol–water partition coefficient (Wildman–Crippen LogP) is 1.69. The number of fused-ring (bicyclic) bond motifs is 1. The van der Waals surface area contributed by atoms with E-state index < -0.39 is 0 Å². The van der Waals surface area contributed by atoms with E-state index in [0.717, 1.165) is 11.1 Å². The minimum atomic E-state index is 0.128. The number of hydrogen-bond donors (Lipinski definition) is 1. The van der Waals surface area contributed by atoms with Gasteiger partial charge in [-0.3, -0.25) is 4.79 Å². The first kappa shape index (κ1) is 8.05. The van der Waals surface area contributed by atoms with Crippen molar-refractivity contribution in [1.82, 2.24) is 5.32 Å². The molecule has 2 rings (SSSR count). The Kier molecular flexibility index (Phi) is 1.89. The Morgan fingerprint density at radius 3 is 3.00 bits per heavy atom. The minimum Gasteiger partial charge on any atom is -0.367 e. The number of ketones is 1. The van der Waals surface area contributed by atoms with E-state index in [1.807, 2.05) is 30.5 Å². The lowest BCUT2D eigenvalue weighted by Crippen LogP contribution is -2.19. The van der Waals surface area contributed by atoms with E-state index in [9.17, 15) is 4.79 Å². The second kappa shape index (κ2) is 3.05. The number of hydrogen-bond acceptors (Lipinski definition) is 2. The molecular weight excluding hydrogens is 162 g/mol. The maximum absolute atomic E-state index is 11.3. The molecule has 1 atom stereocenters. The molecule has 0 radical (unpaired) electrons. The summed E-state index contributed by atoms with van der Waals surface area (Å²) in [6, 6.07) is 0. The smallest absolute Gasteiger partial charge is 0.158 e. The van der Waals surface area contributed by atoms with E-state index in [4.69, 9.17) is 0 Å². The van der Waals surface area contributed by atoms with Crippen LogP contribution in [0.2, 0.25) is 0 Å². The maximum atomic E-state index is 11.3. The standard InChI is InChI=1S/C11H11NO/c1-8(13)11-7-12-6-9-4-2-3-5-10(9)11/h2-7,10,12H,1H3. The fourth-order valence-electron chi connectivity index (χ4n) is 1.62. The van der Waals surface area contributed by atoms with E-state index in [1.54, 1.807) is 13.1 Å². The van der Waals surface area contributed by atoms with Crippen molar-refractivity contribution in [3.63, 3.8) is 0 Å². The summed E-state index contributed by atoms with van der Waals surface area (Å²) >= 11 is 0. The average Bonchev–Trinajstić information content (AvgIpc) is 2.17. The number of rotatable bonds is 1. The molecule has 0 aromatic rings. The first-order valence-corrected chi connectivity index (χ1v) is 4.31. The monoisotopic (exact) mass is 173 g/mol. The third kappa shape index (κ3) is 1.35. The van der Waals surface area contributed by atoms with E-state index >= 15 is 0 Å². The van der Waals surface area contributed by atoms with Crippen molar-refractivity contribution in [2.24, 2.45) is 5.92 Å². The third-order valence-electron chi connectivity index (χ3n) is 2.29. The van der Waals surface area contributed by atoms with Gasteiger partial charge >= 0.3 is 0 Å². The van der Waals surface area contributed by atoms with Gasteiger partial charge in [0.2, 0.25) is 0 Å². The summed E-state index contributed by atoms with van der Waals surface area (Å²) in [7, 11) is 0. The van der Waals surface area contributed by atoms with Crippen molar-refractivity contribution >= 4 is 5.78 Å². The number of carbonyl (C=O) groups is 1. The third-order valence-corrected chi connectivity index (χ3v) is 2.29. The number of nitrogens with one attached hydrogen (secondary N) is 1. The van der Waals surface area contributed by atoms with Crippen LogP contribution >= 0.6 is 0 Å². The van der Waals surface area contributed by atoms with Crippen molar-refractivity contribution in [3.05, 3.63) is 47.9 Å². The Morgan fingerprint density at radius 1 is 1.38 bits per heavy atom. The van der Waals surface area contributed by atoms with Crippen LogP contribution < -0.4 is 5.32 Å². The largest absolute Gasteiger partial charge is 0.367 e. The first-order valence-electron chi connectivity index (χ1n) is 4.31. The van der Waals surface area contributed by atoms with Crippen LogP contribution in [0.3, 0.4) is 0 Å². The minimum absolute atomic E-state index is 0.128. The molecule has 66 valence electrons. The van der Waals surface area contributed by atoms with Crippen LogP contribution in [0.1, 0.15) is 6.92 Å². The van der Waals surface area contributed by atoms with E-state index in [-0.39, 0.29) is 11.7 Å². The summed E-state index contributed by atoms with van der Waals surface area (Å²) in [5, 5.41) is 2.99. The zero-order chi connectivity index (χ0) is 9.26. The first-order chi connectivity index (χ1) is 6.29. The lowest BCUT2D eigenvalue weighted by atomic mass is 9.85. The molecule has 13 heavy (non-hydrogen) atoms. The fraction of sp³-hybridized carbons (Fsp3) is 0.182. The van der Waals surface area contributed by atoms with Crippen LogP contribution in [-0.2, 0) is 4.79 Å². The van der Waals surface area contributed by atoms with E-state index in [1.165, 1.54) is 0 Å². The highest BCUT2D eigenvalue weighted by atomic mass is 16.1. The molecule has 0 saturated heterocycles. The average molecular weight is 173 g/mol. The van der Waals surface area contributed by atoms with Crippen molar-refractivity contribution in [2.45, 2.75) is 6.92 Å². The molecule has 0 amide bonds. The van der Waals surface area contributed by atoms with Gasteiger partial charge in [-0.25, -0.2) is 0 Å². The van der Waals surface area contributed by atoms with Crippen LogP contribution in [0.4, 0.5) is 0 Å². The van der Waals surface area contributed by atoms with Crippen LogP contribution in [0, 0.1) is 5.92 Å². The lowest BCUT2D eigenvalue weighted by molar-refractivity contribution is -0.113. The SMILES string of the molecule is CC(=O)C1=CNC=C2C=CC=CC21. The van der Waals surface area contributed by atoms with Crippen LogP contribution in [0.15, 0.2) is 47.9 Å². The molecule has 0 saturated carbocycles. The molecule has 0 aromatic carbocycles. The fourth-order valence-corrected chi connectivity index (χ4v) is 1.62. The molecule has 2 heteroatoms. The van der Waals surface area contributed by atoms with Gasteiger partial charge in [-0.1, -0.05) is 24.3 Å². The zero-order valence-corrected chi connectivity index (χ0v) is 7.45. The van der Waals surface area contributed by atoms with Crippen LogP contribution in [0.5, 0.6) is 0 Å². The molecule has 0 bridgehead atoms. The molecule has 0 fully saturated rings. The Hall–Kier alpha value is -1.57. The number of Topliss-reactive ketones (excluding diaryl/α,β-unsaturated/α-hetero) is 1. The molecule has 2 nitrogen and oxygen atoms in total. The van der Waals surface area contributed by atoms with Crippen molar-refractivity contribution in [3.8, 4) is 0 Å². The van der Waals surface area contributed by atoms with Gasteiger partial charge in [0.15, 0.2) is 5.78 Å². The molecule has 1 aliphatic heterocycles. The van der Waals surface area contributed by atoms with Gasteiger partial charge in [-0.2, -0.15) is 0 Å². The molecule has 0 spiro atoms. The topological polar surface area (TPSA) is 29.1 Å². The Morgan fingerprint density at radius 2 is 2.23 bits per heavy atom. The van der Waals surface area contributed by atoms with Crippen molar-refractivity contribution in [1.29, 1.82) is 0 Å².